The van der Waals surface area contributed by atoms with Gasteiger partial charge in [-0.1, -0.05) is 23.7 Å². The van der Waals surface area contributed by atoms with E-state index < -0.39 is 0 Å². The Kier molecular flexibility index (Phi) is 2.84. The minimum atomic E-state index is 0.110. The van der Waals surface area contributed by atoms with Crippen molar-refractivity contribution < 1.29 is 4.79 Å². The molecule has 90 valence electrons. The van der Waals surface area contributed by atoms with Crippen molar-refractivity contribution in [3.05, 3.63) is 61.8 Å². The van der Waals surface area contributed by atoms with Crippen molar-refractivity contribution in [2.75, 3.05) is 0 Å². The van der Waals surface area contributed by atoms with Gasteiger partial charge in [0.1, 0.15) is 0 Å². The van der Waals surface area contributed by atoms with Gasteiger partial charge in [0, 0.05) is 32.3 Å². The summed E-state index contributed by atoms with van der Waals surface area (Å²) in [6, 6.07) is 9.63. The molecule has 1 aromatic carbocycles. The molecule has 1 heterocycles. The van der Waals surface area contributed by atoms with Gasteiger partial charge >= 0.3 is 0 Å². The van der Waals surface area contributed by atoms with E-state index in [1.165, 1.54) is 4.88 Å². The van der Waals surface area contributed by atoms with Crippen LogP contribution in [0.25, 0.3) is 6.08 Å². The fourth-order valence-corrected chi connectivity index (χ4v) is 3.30. The van der Waals surface area contributed by atoms with E-state index in [1.54, 1.807) is 11.3 Å². The highest BCUT2D eigenvalue weighted by Crippen LogP contribution is 2.33. The van der Waals surface area contributed by atoms with Gasteiger partial charge in [0.2, 0.25) is 0 Å². The van der Waals surface area contributed by atoms with Gasteiger partial charge in [-0.15, -0.1) is 11.3 Å². The maximum Gasteiger partial charge on any atom is 0.189 e. The number of halogens is 1. The highest BCUT2D eigenvalue weighted by atomic mass is 35.5. The summed E-state index contributed by atoms with van der Waals surface area (Å²) in [6.07, 6.45) is 2.63. The van der Waals surface area contributed by atoms with Crippen molar-refractivity contribution in [3.8, 4) is 0 Å². The van der Waals surface area contributed by atoms with Gasteiger partial charge < -0.3 is 0 Å². The fraction of sp³-hybridized carbons (Fsp3) is 0.133. The summed E-state index contributed by atoms with van der Waals surface area (Å²) in [4.78, 5) is 14.6. The Morgan fingerprint density at radius 1 is 1.28 bits per heavy atom. The molecule has 0 N–H and O–H groups in total. The van der Waals surface area contributed by atoms with Crippen molar-refractivity contribution in [1.29, 1.82) is 0 Å². The Morgan fingerprint density at radius 3 is 2.78 bits per heavy atom. The minimum Gasteiger partial charge on any atom is -0.289 e. The van der Waals surface area contributed by atoms with E-state index in [2.05, 4.69) is 13.0 Å². The molecule has 0 amide bonds. The van der Waals surface area contributed by atoms with Crippen LogP contribution < -0.4 is 0 Å². The first kappa shape index (κ1) is 11.7. The maximum absolute atomic E-state index is 12.2. The summed E-state index contributed by atoms with van der Waals surface area (Å²) in [5.74, 6) is 0.110. The number of allylic oxidation sites excluding steroid dienone is 1. The number of Topliss-reactive ketones (excluding diaryl/α,β-unsaturated/α-hetero) is 1. The van der Waals surface area contributed by atoms with Crippen LogP contribution in [-0.2, 0) is 6.42 Å². The molecule has 0 radical (unpaired) electrons. The molecule has 0 unspecified atom stereocenters. The summed E-state index contributed by atoms with van der Waals surface area (Å²) < 4.78 is 0. The number of aryl methyl sites for hydroxylation is 1. The lowest BCUT2D eigenvalue weighted by Crippen LogP contribution is -1.94. The molecule has 0 aliphatic heterocycles. The number of carbonyl (C=O) groups excluding carboxylic acids is 1. The van der Waals surface area contributed by atoms with Gasteiger partial charge in [-0.2, -0.15) is 0 Å². The van der Waals surface area contributed by atoms with Crippen LogP contribution in [0.15, 0.2) is 35.9 Å². The van der Waals surface area contributed by atoms with E-state index in [9.17, 15) is 4.79 Å². The second-order valence-corrected chi connectivity index (χ2v) is 6.12. The second kappa shape index (κ2) is 4.38. The molecular formula is C15H11ClOS. The zero-order valence-corrected chi connectivity index (χ0v) is 11.4. The van der Waals surface area contributed by atoms with Crippen LogP contribution in [0.3, 0.4) is 0 Å². The van der Waals surface area contributed by atoms with Gasteiger partial charge in [0.15, 0.2) is 5.78 Å². The summed E-state index contributed by atoms with van der Waals surface area (Å²) in [6.45, 7) is 2.06. The highest BCUT2D eigenvalue weighted by molar-refractivity contribution is 7.12. The average Bonchev–Trinajstić information content (AvgIpc) is 2.88. The lowest BCUT2D eigenvalue weighted by Gasteiger charge is -1.97. The minimum absolute atomic E-state index is 0.110. The second-order valence-electron chi connectivity index (χ2n) is 4.39. The summed E-state index contributed by atoms with van der Waals surface area (Å²) in [5.41, 5.74) is 2.55. The Labute approximate surface area is 115 Å². The fourth-order valence-electron chi connectivity index (χ4n) is 2.21. The summed E-state index contributed by atoms with van der Waals surface area (Å²) in [5, 5.41) is 0.687. The van der Waals surface area contributed by atoms with Gasteiger partial charge in [-0.25, -0.2) is 0 Å². The Balaban J connectivity index is 2.02. The summed E-state index contributed by atoms with van der Waals surface area (Å²) in [7, 11) is 0. The molecule has 1 aliphatic rings. The molecule has 0 fully saturated rings. The SMILES string of the molecule is Cc1ccc(C=C2Cc3c(Cl)cccc3C2=O)s1. The Hall–Kier alpha value is -1.38. The first-order valence-corrected chi connectivity index (χ1v) is 6.93. The van der Waals surface area contributed by atoms with E-state index in [-0.39, 0.29) is 5.78 Å². The molecule has 2 aromatic rings. The van der Waals surface area contributed by atoms with Gasteiger partial charge in [0.05, 0.1) is 0 Å². The maximum atomic E-state index is 12.2. The molecule has 0 spiro atoms. The van der Waals surface area contributed by atoms with Crippen LogP contribution in [-0.4, -0.2) is 5.78 Å². The van der Waals surface area contributed by atoms with Crippen molar-refractivity contribution in [3.63, 3.8) is 0 Å². The van der Waals surface area contributed by atoms with Crippen molar-refractivity contribution in [2.24, 2.45) is 0 Å². The highest BCUT2D eigenvalue weighted by Gasteiger charge is 2.26. The van der Waals surface area contributed by atoms with E-state index in [4.69, 9.17) is 11.6 Å². The normalized spacial score (nSPS) is 16.3. The number of rotatable bonds is 1. The van der Waals surface area contributed by atoms with E-state index in [1.807, 2.05) is 30.3 Å². The first-order chi connectivity index (χ1) is 8.65. The number of thiophene rings is 1. The van der Waals surface area contributed by atoms with Crippen LogP contribution in [0.2, 0.25) is 5.02 Å². The van der Waals surface area contributed by atoms with Crippen molar-refractivity contribution in [1.82, 2.24) is 0 Å². The molecule has 3 rings (SSSR count). The molecule has 1 aromatic heterocycles. The molecule has 0 saturated heterocycles. The van der Waals surface area contributed by atoms with Crippen LogP contribution in [0.4, 0.5) is 0 Å². The Morgan fingerprint density at radius 2 is 2.11 bits per heavy atom. The predicted octanol–water partition coefficient (Wildman–Crippen LogP) is 4.53. The number of benzene rings is 1. The van der Waals surface area contributed by atoms with Crippen LogP contribution in [0.5, 0.6) is 0 Å². The van der Waals surface area contributed by atoms with Gasteiger partial charge in [-0.05, 0) is 36.8 Å². The molecule has 0 saturated carbocycles. The quantitative estimate of drug-likeness (QED) is 0.698. The molecule has 3 heteroatoms. The zero-order chi connectivity index (χ0) is 12.7. The number of carbonyl (C=O) groups is 1. The topological polar surface area (TPSA) is 17.1 Å². The average molecular weight is 275 g/mol. The van der Waals surface area contributed by atoms with Crippen LogP contribution >= 0.6 is 22.9 Å². The number of ketones is 1. The van der Waals surface area contributed by atoms with E-state index in [0.717, 1.165) is 21.6 Å². The molecule has 0 bridgehead atoms. The third-order valence-electron chi connectivity index (χ3n) is 3.10. The molecule has 1 aliphatic carbocycles. The van der Waals surface area contributed by atoms with Gasteiger partial charge in [0.25, 0.3) is 0 Å². The van der Waals surface area contributed by atoms with Crippen LogP contribution in [0, 0.1) is 6.92 Å². The third-order valence-corrected chi connectivity index (χ3v) is 4.40. The smallest absolute Gasteiger partial charge is 0.189 e. The van der Waals surface area contributed by atoms with E-state index >= 15 is 0 Å². The standard InChI is InChI=1S/C15H11ClOS/c1-9-5-6-11(18-9)7-10-8-13-12(15(10)17)3-2-4-14(13)16/h2-7H,8H2,1H3. The van der Waals surface area contributed by atoms with E-state index in [0.29, 0.717) is 11.4 Å². The number of hydrogen-bond donors (Lipinski definition) is 0. The number of fused-ring (bicyclic) bond motifs is 1. The Bertz CT molecular complexity index is 667. The largest absolute Gasteiger partial charge is 0.289 e. The molecule has 1 nitrogen and oxygen atoms in total. The molecule has 18 heavy (non-hydrogen) atoms. The van der Waals surface area contributed by atoms with Crippen molar-refractivity contribution in [2.45, 2.75) is 13.3 Å². The predicted molar refractivity (Wildman–Crippen MR) is 76.5 cm³/mol. The van der Waals surface area contributed by atoms with Crippen molar-refractivity contribution >= 4 is 34.8 Å². The third kappa shape index (κ3) is 1.92. The molecule has 0 atom stereocenters. The lowest BCUT2D eigenvalue weighted by molar-refractivity contribution is 0.104. The lowest BCUT2D eigenvalue weighted by atomic mass is 10.1. The first-order valence-electron chi connectivity index (χ1n) is 5.74. The van der Waals surface area contributed by atoms with Crippen LogP contribution in [0.1, 0.15) is 25.7 Å². The number of hydrogen-bond acceptors (Lipinski definition) is 2. The summed E-state index contributed by atoms with van der Waals surface area (Å²) >= 11 is 7.83. The molecular weight excluding hydrogens is 264 g/mol. The van der Waals surface area contributed by atoms with Gasteiger partial charge in [-0.3, -0.25) is 4.79 Å². The zero-order valence-electron chi connectivity index (χ0n) is 9.87. The monoisotopic (exact) mass is 274 g/mol.